The van der Waals surface area contributed by atoms with Gasteiger partial charge in [0.05, 0.1) is 11.3 Å². The van der Waals surface area contributed by atoms with Gasteiger partial charge >= 0.3 is 18.1 Å². The molecule has 0 saturated carbocycles. The molecule has 0 aliphatic rings. The average molecular weight is 532 g/mol. The molecule has 0 aliphatic heterocycles. The topological polar surface area (TPSA) is 194 Å². The number of nitrogens with zero attached hydrogens (tertiary/aromatic N) is 2. The highest BCUT2D eigenvalue weighted by atomic mass is 19.4. The van der Waals surface area contributed by atoms with E-state index in [0.29, 0.717) is 36.2 Å². The minimum atomic E-state index is -4.50. The third-order valence-corrected chi connectivity index (χ3v) is 4.97. The third kappa shape index (κ3) is 8.64. The molecule has 3 aromatic rings. The fraction of sp³-hybridized carbons (Fsp3) is 0.208. The Morgan fingerprint density at radius 2 is 1.74 bits per heavy atom. The Kier molecular flexibility index (Phi) is 10.4. The lowest BCUT2D eigenvalue weighted by Gasteiger charge is -2.19. The minimum absolute atomic E-state index is 0.0548. The number of alkyl halides is 3. The molecule has 14 heteroatoms. The van der Waals surface area contributed by atoms with E-state index in [0.717, 1.165) is 12.1 Å². The van der Waals surface area contributed by atoms with Gasteiger partial charge in [0.2, 0.25) is 5.91 Å². The summed E-state index contributed by atoms with van der Waals surface area (Å²) in [6, 6.07) is 14.6. The number of H-pyrrole nitrogens is 1. The smallest absolute Gasteiger partial charge is 0.416 e. The summed E-state index contributed by atoms with van der Waals surface area (Å²) in [7, 11) is 0. The van der Waals surface area contributed by atoms with Crippen molar-refractivity contribution < 1.29 is 37.8 Å². The SMILES string of the molecule is N#Cc1c(N)n[nH]c1CCCNC(C(=O)Nc1cccc(C(F)(F)F)c1)c1ccccc1.O=C(O)C(=O)O. The number of nitriles is 1. The summed E-state index contributed by atoms with van der Waals surface area (Å²) in [6.45, 7) is 0.402. The van der Waals surface area contributed by atoms with Crippen molar-refractivity contribution in [2.75, 3.05) is 17.6 Å². The number of aryl methyl sites for hydroxylation is 1. The number of anilines is 2. The number of carbonyl (C=O) groups is 3. The Hall–Kier alpha value is -4.90. The number of aromatic amines is 1. The van der Waals surface area contributed by atoms with Crippen LogP contribution in [0.3, 0.4) is 0 Å². The lowest BCUT2D eigenvalue weighted by atomic mass is 10.1. The number of aliphatic carboxylic acids is 2. The highest BCUT2D eigenvalue weighted by Gasteiger charge is 2.30. The molecule has 1 atom stereocenters. The van der Waals surface area contributed by atoms with Gasteiger partial charge in [0.1, 0.15) is 17.7 Å². The van der Waals surface area contributed by atoms with Gasteiger partial charge in [0.15, 0.2) is 5.82 Å². The number of nitrogens with one attached hydrogen (secondary N) is 3. The number of rotatable bonds is 8. The van der Waals surface area contributed by atoms with Crippen LogP contribution in [0.2, 0.25) is 0 Å². The molecule has 200 valence electrons. The van der Waals surface area contributed by atoms with Crippen molar-refractivity contribution in [3.8, 4) is 6.07 Å². The van der Waals surface area contributed by atoms with E-state index in [1.807, 2.05) is 6.07 Å². The van der Waals surface area contributed by atoms with E-state index in [-0.39, 0.29) is 11.5 Å². The summed E-state index contributed by atoms with van der Waals surface area (Å²) >= 11 is 0. The quantitative estimate of drug-likeness (QED) is 0.187. The van der Waals surface area contributed by atoms with Gasteiger partial charge in [-0.15, -0.1) is 0 Å². The van der Waals surface area contributed by atoms with Gasteiger partial charge in [-0.25, -0.2) is 9.59 Å². The van der Waals surface area contributed by atoms with Crippen LogP contribution in [0.25, 0.3) is 0 Å². The molecule has 0 fully saturated rings. The molecule has 1 unspecified atom stereocenters. The predicted molar refractivity (Wildman–Crippen MR) is 129 cm³/mol. The molecular formula is C24H23F3N6O5. The first-order valence-corrected chi connectivity index (χ1v) is 10.9. The largest absolute Gasteiger partial charge is 0.473 e. The van der Waals surface area contributed by atoms with E-state index < -0.39 is 35.6 Å². The molecule has 1 heterocycles. The Bertz CT molecular complexity index is 1290. The zero-order valence-electron chi connectivity index (χ0n) is 19.6. The van der Waals surface area contributed by atoms with Crippen LogP contribution in [0.15, 0.2) is 54.6 Å². The monoisotopic (exact) mass is 532 g/mol. The highest BCUT2D eigenvalue weighted by molar-refractivity contribution is 6.27. The van der Waals surface area contributed by atoms with Gasteiger partial charge in [0.25, 0.3) is 0 Å². The maximum atomic E-state index is 13.0. The number of benzene rings is 2. The van der Waals surface area contributed by atoms with E-state index in [2.05, 4.69) is 20.8 Å². The zero-order valence-corrected chi connectivity index (χ0v) is 19.6. The number of halogens is 3. The highest BCUT2D eigenvalue weighted by Crippen LogP contribution is 2.31. The molecule has 7 N–H and O–H groups in total. The minimum Gasteiger partial charge on any atom is -0.473 e. The Labute approximate surface area is 214 Å². The van der Waals surface area contributed by atoms with Gasteiger partial charge in [-0.2, -0.15) is 23.5 Å². The van der Waals surface area contributed by atoms with Crippen LogP contribution >= 0.6 is 0 Å². The summed E-state index contributed by atoms with van der Waals surface area (Å²) in [4.78, 5) is 31.1. The molecule has 0 saturated heterocycles. The average Bonchev–Trinajstić information content (AvgIpc) is 3.23. The van der Waals surface area contributed by atoms with Crippen molar-refractivity contribution >= 4 is 29.4 Å². The number of aromatic nitrogens is 2. The van der Waals surface area contributed by atoms with Crippen molar-refractivity contribution in [3.63, 3.8) is 0 Å². The van der Waals surface area contributed by atoms with E-state index in [9.17, 15) is 18.0 Å². The molecule has 2 aromatic carbocycles. The number of hydrogen-bond donors (Lipinski definition) is 6. The number of hydrogen-bond acceptors (Lipinski definition) is 7. The lowest BCUT2D eigenvalue weighted by Crippen LogP contribution is -2.33. The van der Waals surface area contributed by atoms with Crippen LogP contribution in [0.1, 0.15) is 34.8 Å². The molecule has 0 spiro atoms. The van der Waals surface area contributed by atoms with Crippen LogP contribution < -0.4 is 16.4 Å². The first kappa shape index (κ1) is 29.3. The maximum absolute atomic E-state index is 13.0. The van der Waals surface area contributed by atoms with Gasteiger partial charge in [-0.1, -0.05) is 36.4 Å². The van der Waals surface area contributed by atoms with Gasteiger partial charge in [-0.3, -0.25) is 9.89 Å². The van der Waals surface area contributed by atoms with Crippen molar-refractivity contribution in [1.29, 1.82) is 5.26 Å². The molecule has 0 bridgehead atoms. The van der Waals surface area contributed by atoms with E-state index in [4.69, 9.17) is 30.8 Å². The normalized spacial score (nSPS) is 11.4. The molecule has 1 aromatic heterocycles. The van der Waals surface area contributed by atoms with Gasteiger partial charge < -0.3 is 26.6 Å². The van der Waals surface area contributed by atoms with Crippen LogP contribution in [0.4, 0.5) is 24.7 Å². The fourth-order valence-electron chi connectivity index (χ4n) is 3.21. The Morgan fingerprint density at radius 1 is 1.08 bits per heavy atom. The second-order valence-electron chi connectivity index (χ2n) is 7.65. The van der Waals surface area contributed by atoms with Crippen molar-refractivity contribution in [1.82, 2.24) is 15.5 Å². The number of carboxylic acids is 2. The summed E-state index contributed by atoms with van der Waals surface area (Å²) < 4.78 is 38.9. The first-order chi connectivity index (χ1) is 17.9. The summed E-state index contributed by atoms with van der Waals surface area (Å²) in [5.41, 5.74) is 6.41. The Morgan fingerprint density at radius 3 is 2.32 bits per heavy atom. The van der Waals surface area contributed by atoms with E-state index in [1.54, 1.807) is 30.3 Å². The van der Waals surface area contributed by atoms with Crippen molar-refractivity contribution in [3.05, 3.63) is 77.0 Å². The van der Waals surface area contributed by atoms with Crippen molar-refractivity contribution in [2.45, 2.75) is 25.1 Å². The van der Waals surface area contributed by atoms with Crippen molar-refractivity contribution in [2.24, 2.45) is 0 Å². The number of amides is 1. The summed E-state index contributed by atoms with van der Waals surface area (Å²) in [6.07, 6.45) is -3.45. The van der Waals surface area contributed by atoms with Crippen LogP contribution in [-0.4, -0.2) is 44.8 Å². The van der Waals surface area contributed by atoms with E-state index >= 15 is 0 Å². The molecule has 1 amide bonds. The molecule has 0 aliphatic carbocycles. The molecule has 38 heavy (non-hydrogen) atoms. The van der Waals surface area contributed by atoms with E-state index in [1.165, 1.54) is 12.1 Å². The predicted octanol–water partition coefficient (Wildman–Crippen LogP) is 2.94. The standard InChI is InChI=1S/C22H21F3N6O.C2H2O4/c23-22(24,25)15-8-4-9-16(12-15)29-21(32)19(14-6-2-1-3-7-14)28-11-5-10-18-17(13-26)20(27)31-30-18;3-1(4)2(5)6/h1-4,6-9,12,19,28H,5,10-11H2,(H,29,32)(H3,27,30,31);(H,3,4)(H,5,6). The second kappa shape index (κ2) is 13.4. The van der Waals surface area contributed by atoms with Crippen LogP contribution in [0, 0.1) is 11.3 Å². The molecular weight excluding hydrogens is 509 g/mol. The van der Waals surface area contributed by atoms with Gasteiger partial charge in [-0.05, 0) is 43.1 Å². The second-order valence-corrected chi connectivity index (χ2v) is 7.65. The van der Waals surface area contributed by atoms with Gasteiger partial charge in [0, 0.05) is 5.69 Å². The molecule has 11 nitrogen and oxygen atoms in total. The molecule has 0 radical (unpaired) electrons. The number of carboxylic acid groups (broad SMARTS) is 2. The van der Waals surface area contributed by atoms with Crippen LogP contribution in [-0.2, 0) is 27.0 Å². The number of nitrogens with two attached hydrogens (primary N) is 1. The Balaban J connectivity index is 0.000000757. The maximum Gasteiger partial charge on any atom is 0.416 e. The summed E-state index contributed by atoms with van der Waals surface area (Å²) in [5, 5.41) is 36.1. The number of carbonyl (C=O) groups excluding carboxylic acids is 1. The number of nitrogen functional groups attached to an aromatic ring is 1. The fourth-order valence-corrected chi connectivity index (χ4v) is 3.21. The zero-order chi connectivity index (χ0) is 28.3. The third-order valence-electron chi connectivity index (χ3n) is 4.97. The summed E-state index contributed by atoms with van der Waals surface area (Å²) in [5.74, 6) is -4.00. The molecule has 3 rings (SSSR count). The lowest BCUT2D eigenvalue weighted by molar-refractivity contribution is -0.159. The van der Waals surface area contributed by atoms with Crippen LogP contribution in [0.5, 0.6) is 0 Å². The first-order valence-electron chi connectivity index (χ1n) is 10.9.